The average Bonchev–Trinajstić information content (AvgIpc) is 2.86. The number of nitrogens with zero attached hydrogens (tertiary/aromatic N) is 2. The molecule has 0 bridgehead atoms. The Kier molecular flexibility index (Phi) is 2.07. The summed E-state index contributed by atoms with van der Waals surface area (Å²) in [5, 5.41) is 0.473. The SMILES string of the molecule is Cn1c(=O)c2cc3c(F)cccc3n2c2ccccc21. The monoisotopic (exact) mass is 266 g/mol. The van der Waals surface area contributed by atoms with Crippen LogP contribution in [0.5, 0.6) is 0 Å². The largest absolute Gasteiger partial charge is 0.308 e. The van der Waals surface area contributed by atoms with Crippen molar-refractivity contribution in [1.29, 1.82) is 0 Å². The van der Waals surface area contributed by atoms with Crippen molar-refractivity contribution < 1.29 is 4.39 Å². The number of aryl methyl sites for hydroxylation is 1. The molecule has 4 aromatic rings. The summed E-state index contributed by atoms with van der Waals surface area (Å²) in [6.45, 7) is 0. The van der Waals surface area contributed by atoms with Crippen LogP contribution in [0.25, 0.3) is 27.5 Å². The van der Waals surface area contributed by atoms with E-state index in [0.29, 0.717) is 16.4 Å². The maximum Gasteiger partial charge on any atom is 0.275 e. The maximum absolute atomic E-state index is 13.9. The van der Waals surface area contributed by atoms with E-state index in [2.05, 4.69) is 0 Å². The van der Waals surface area contributed by atoms with Crippen molar-refractivity contribution in [2.45, 2.75) is 0 Å². The number of aromatic nitrogens is 2. The van der Waals surface area contributed by atoms with Gasteiger partial charge in [0.25, 0.3) is 5.56 Å². The molecule has 3 nitrogen and oxygen atoms in total. The second kappa shape index (κ2) is 3.70. The molecule has 0 aliphatic rings. The lowest BCUT2D eigenvalue weighted by Gasteiger charge is -2.08. The van der Waals surface area contributed by atoms with E-state index in [1.165, 1.54) is 6.07 Å². The van der Waals surface area contributed by atoms with E-state index in [4.69, 9.17) is 0 Å². The highest BCUT2D eigenvalue weighted by Gasteiger charge is 2.13. The minimum Gasteiger partial charge on any atom is -0.308 e. The fourth-order valence-electron chi connectivity index (χ4n) is 2.83. The molecule has 0 fully saturated rings. The third-order valence-corrected chi connectivity index (χ3v) is 3.80. The Morgan fingerprint density at radius 3 is 2.40 bits per heavy atom. The Labute approximate surface area is 113 Å². The van der Waals surface area contributed by atoms with Crippen molar-refractivity contribution >= 4 is 27.5 Å². The van der Waals surface area contributed by atoms with Crippen molar-refractivity contribution in [1.82, 2.24) is 8.97 Å². The molecule has 0 spiro atoms. The first kappa shape index (κ1) is 11.2. The van der Waals surface area contributed by atoms with Crippen molar-refractivity contribution in [2.24, 2.45) is 7.05 Å². The van der Waals surface area contributed by atoms with Crippen LogP contribution in [-0.2, 0) is 7.05 Å². The summed E-state index contributed by atoms with van der Waals surface area (Å²) < 4.78 is 17.4. The van der Waals surface area contributed by atoms with Crippen LogP contribution in [0.3, 0.4) is 0 Å². The topological polar surface area (TPSA) is 26.4 Å². The highest BCUT2D eigenvalue weighted by molar-refractivity contribution is 5.93. The van der Waals surface area contributed by atoms with Crippen LogP contribution >= 0.6 is 0 Å². The second-order valence-corrected chi connectivity index (χ2v) is 4.89. The Hall–Kier alpha value is -2.62. The molecule has 20 heavy (non-hydrogen) atoms. The molecule has 0 amide bonds. The number of hydrogen-bond donors (Lipinski definition) is 0. The van der Waals surface area contributed by atoms with Gasteiger partial charge < -0.3 is 8.97 Å². The van der Waals surface area contributed by atoms with Crippen LogP contribution in [-0.4, -0.2) is 8.97 Å². The summed E-state index contributed by atoms with van der Waals surface area (Å²) in [5.41, 5.74) is 2.80. The van der Waals surface area contributed by atoms with Gasteiger partial charge in [0, 0.05) is 12.4 Å². The summed E-state index contributed by atoms with van der Waals surface area (Å²) >= 11 is 0. The molecule has 0 saturated heterocycles. The fourth-order valence-corrected chi connectivity index (χ4v) is 2.83. The number of fused-ring (bicyclic) bond motifs is 5. The van der Waals surface area contributed by atoms with Gasteiger partial charge in [-0.3, -0.25) is 4.79 Å². The molecule has 0 N–H and O–H groups in total. The molecule has 0 aliphatic heterocycles. The molecular weight excluding hydrogens is 255 g/mol. The van der Waals surface area contributed by atoms with Crippen LogP contribution in [0.1, 0.15) is 0 Å². The highest BCUT2D eigenvalue weighted by atomic mass is 19.1. The maximum atomic E-state index is 13.9. The van der Waals surface area contributed by atoms with Gasteiger partial charge in [0.15, 0.2) is 0 Å². The number of rotatable bonds is 0. The lowest BCUT2D eigenvalue weighted by atomic mass is 10.2. The van der Waals surface area contributed by atoms with Crippen molar-refractivity contribution in [2.75, 3.05) is 0 Å². The van der Waals surface area contributed by atoms with Gasteiger partial charge in [-0.2, -0.15) is 0 Å². The van der Waals surface area contributed by atoms with Gasteiger partial charge in [-0.15, -0.1) is 0 Å². The normalized spacial score (nSPS) is 11.7. The Balaban J connectivity index is 2.46. The van der Waals surface area contributed by atoms with Crippen molar-refractivity contribution in [3.63, 3.8) is 0 Å². The molecule has 0 atom stereocenters. The van der Waals surface area contributed by atoms with Gasteiger partial charge in [0.2, 0.25) is 0 Å². The Bertz CT molecular complexity index is 1040. The number of hydrogen-bond acceptors (Lipinski definition) is 1. The Morgan fingerprint density at radius 1 is 0.900 bits per heavy atom. The standard InChI is InChI=1S/C16H11FN2O/c1-18-13-6-2-3-7-14(13)19-12-8-4-5-11(17)10(12)9-15(19)16(18)20/h2-9H,1H3. The van der Waals surface area contributed by atoms with E-state index in [1.54, 1.807) is 23.7 Å². The highest BCUT2D eigenvalue weighted by Crippen LogP contribution is 2.25. The smallest absolute Gasteiger partial charge is 0.275 e. The second-order valence-electron chi connectivity index (χ2n) is 4.89. The van der Waals surface area contributed by atoms with Gasteiger partial charge in [-0.25, -0.2) is 4.39 Å². The van der Waals surface area contributed by atoms with Crippen LogP contribution in [0.15, 0.2) is 53.3 Å². The van der Waals surface area contributed by atoms with Crippen LogP contribution in [0.2, 0.25) is 0 Å². The van der Waals surface area contributed by atoms with E-state index < -0.39 is 0 Å². The van der Waals surface area contributed by atoms with Crippen LogP contribution in [0.4, 0.5) is 4.39 Å². The predicted molar refractivity (Wildman–Crippen MR) is 77.6 cm³/mol. The van der Waals surface area contributed by atoms with Gasteiger partial charge in [-0.05, 0) is 30.3 Å². The first-order valence-electron chi connectivity index (χ1n) is 6.36. The summed E-state index contributed by atoms with van der Waals surface area (Å²) in [4.78, 5) is 12.4. The average molecular weight is 266 g/mol. The summed E-state index contributed by atoms with van der Waals surface area (Å²) in [6.07, 6.45) is 0. The van der Waals surface area contributed by atoms with Gasteiger partial charge in [-0.1, -0.05) is 18.2 Å². The van der Waals surface area contributed by atoms with Gasteiger partial charge >= 0.3 is 0 Å². The quantitative estimate of drug-likeness (QED) is 0.480. The van der Waals surface area contributed by atoms with Gasteiger partial charge in [0.05, 0.1) is 16.6 Å². The molecule has 4 rings (SSSR count). The molecule has 2 aromatic heterocycles. The van der Waals surface area contributed by atoms with E-state index in [0.717, 1.165) is 11.0 Å². The number of halogens is 1. The minimum atomic E-state index is -0.308. The molecule has 2 aromatic carbocycles. The van der Waals surface area contributed by atoms with E-state index in [9.17, 15) is 9.18 Å². The van der Waals surface area contributed by atoms with Gasteiger partial charge in [0.1, 0.15) is 11.3 Å². The summed E-state index contributed by atoms with van der Waals surface area (Å²) in [5.74, 6) is -0.308. The predicted octanol–water partition coefficient (Wildman–Crippen LogP) is 3.08. The molecule has 0 radical (unpaired) electrons. The number of para-hydroxylation sites is 2. The van der Waals surface area contributed by atoms with E-state index in [-0.39, 0.29) is 11.4 Å². The zero-order valence-electron chi connectivity index (χ0n) is 10.8. The summed E-state index contributed by atoms with van der Waals surface area (Å²) in [6, 6.07) is 14.2. The molecule has 4 heteroatoms. The third-order valence-electron chi connectivity index (χ3n) is 3.80. The Morgan fingerprint density at radius 2 is 1.60 bits per heavy atom. The number of benzene rings is 2. The molecular formula is C16H11FN2O. The molecule has 2 heterocycles. The van der Waals surface area contributed by atoms with E-state index in [1.807, 2.05) is 34.7 Å². The van der Waals surface area contributed by atoms with E-state index >= 15 is 0 Å². The zero-order chi connectivity index (χ0) is 13.9. The van der Waals surface area contributed by atoms with Crippen LogP contribution in [0, 0.1) is 5.82 Å². The lowest BCUT2D eigenvalue weighted by molar-refractivity contribution is 0.640. The first-order chi connectivity index (χ1) is 9.68. The molecule has 0 unspecified atom stereocenters. The molecule has 0 saturated carbocycles. The van der Waals surface area contributed by atoms with Crippen molar-refractivity contribution in [3.8, 4) is 0 Å². The minimum absolute atomic E-state index is 0.126. The third kappa shape index (κ3) is 1.25. The van der Waals surface area contributed by atoms with Crippen molar-refractivity contribution in [3.05, 3.63) is 64.7 Å². The fraction of sp³-hybridized carbons (Fsp3) is 0.0625. The van der Waals surface area contributed by atoms with Crippen LogP contribution < -0.4 is 5.56 Å². The zero-order valence-corrected chi connectivity index (χ0v) is 10.8. The first-order valence-corrected chi connectivity index (χ1v) is 6.36. The summed E-state index contributed by atoms with van der Waals surface area (Å²) in [7, 11) is 1.73. The lowest BCUT2D eigenvalue weighted by Crippen LogP contribution is -2.19. The molecule has 98 valence electrons. The molecule has 0 aliphatic carbocycles.